The van der Waals surface area contributed by atoms with E-state index in [-0.39, 0.29) is 29.6 Å². The Bertz CT molecular complexity index is 673. The molecule has 1 heterocycles. The molecule has 2 unspecified atom stereocenters. The van der Waals surface area contributed by atoms with Gasteiger partial charge < -0.3 is 14.7 Å². The van der Waals surface area contributed by atoms with Gasteiger partial charge in [-0.2, -0.15) is 0 Å². The summed E-state index contributed by atoms with van der Waals surface area (Å²) in [6.07, 6.45) is 4.97. The fourth-order valence-electron chi connectivity index (χ4n) is 3.04. The van der Waals surface area contributed by atoms with Crippen LogP contribution in [-0.4, -0.2) is 55.1 Å². The first-order chi connectivity index (χ1) is 14.2. The van der Waals surface area contributed by atoms with Gasteiger partial charge in [-0.1, -0.05) is 39.5 Å². The molecule has 0 spiro atoms. The van der Waals surface area contributed by atoms with Crippen LogP contribution in [-0.2, 0) is 39.9 Å². The van der Waals surface area contributed by atoms with E-state index in [1.807, 2.05) is 0 Å². The molecular weight excluding hydrogens is 416 g/mol. The van der Waals surface area contributed by atoms with Crippen molar-refractivity contribution in [2.45, 2.75) is 76.9 Å². The van der Waals surface area contributed by atoms with Gasteiger partial charge in [0.15, 0.2) is 16.3 Å². The average Bonchev–Trinajstić information content (AvgIpc) is 2.99. The molecule has 1 rings (SSSR count). The van der Waals surface area contributed by atoms with Crippen molar-refractivity contribution in [3.8, 4) is 0 Å². The Morgan fingerprint density at radius 3 is 2.27 bits per heavy atom. The zero-order valence-corrected chi connectivity index (χ0v) is 18.2. The fourth-order valence-corrected chi connectivity index (χ4v) is 3.59. The number of hydroxylamine groups is 2. The zero-order valence-electron chi connectivity index (χ0n) is 17.4. The Kier molecular flexibility index (Phi) is 11.4. The summed E-state index contributed by atoms with van der Waals surface area (Å²) in [5, 5.41) is 0.945. The van der Waals surface area contributed by atoms with Crippen LogP contribution in [0.4, 0.5) is 0 Å². The molecule has 170 valence electrons. The first-order valence-electron chi connectivity index (χ1n) is 10.2. The molecule has 0 aromatic heterocycles. The molecule has 30 heavy (non-hydrogen) atoms. The van der Waals surface area contributed by atoms with Crippen LogP contribution in [0.2, 0.25) is 0 Å². The summed E-state index contributed by atoms with van der Waals surface area (Å²) in [7, 11) is 0. The number of nitrogens with one attached hydrogen (secondary N) is 1. The number of amides is 3. The smallest absolute Gasteiger partial charge is 0.345 e. The molecule has 1 saturated heterocycles. The van der Waals surface area contributed by atoms with E-state index in [9.17, 15) is 28.2 Å². The maximum atomic E-state index is 12.4. The van der Waals surface area contributed by atoms with E-state index >= 15 is 0 Å². The van der Waals surface area contributed by atoms with Crippen molar-refractivity contribution in [1.29, 1.82) is 0 Å². The van der Waals surface area contributed by atoms with Gasteiger partial charge in [0.25, 0.3) is 11.8 Å². The number of imide groups is 1. The lowest BCUT2D eigenvalue weighted by Gasteiger charge is -2.15. The minimum absolute atomic E-state index is 0.0333. The van der Waals surface area contributed by atoms with Crippen LogP contribution in [0.15, 0.2) is 0 Å². The van der Waals surface area contributed by atoms with Crippen LogP contribution < -0.4 is 5.32 Å². The normalized spacial score (nSPS) is 17.3. The topological polar surface area (TPSA) is 147 Å². The number of rotatable bonds is 14. The lowest BCUT2D eigenvalue weighted by molar-refractivity contribution is -0.196. The highest BCUT2D eigenvalue weighted by molar-refractivity contribution is 7.80. The molecule has 0 radical (unpaired) electrons. The van der Waals surface area contributed by atoms with Gasteiger partial charge in [0.05, 0.1) is 6.42 Å². The van der Waals surface area contributed by atoms with Crippen LogP contribution in [0.25, 0.3) is 0 Å². The van der Waals surface area contributed by atoms with E-state index < -0.39 is 53.0 Å². The number of carbonyl (C=O) groups excluding carboxylic acids is 5. The second-order valence-corrected chi connectivity index (χ2v) is 8.30. The minimum atomic E-state index is -2.56. The van der Waals surface area contributed by atoms with E-state index in [4.69, 9.17) is 4.55 Å². The highest BCUT2D eigenvalue weighted by Gasteiger charge is 2.45. The number of ketones is 1. The molecule has 1 aliphatic heterocycles. The first kappa shape index (κ1) is 25.9. The zero-order chi connectivity index (χ0) is 22.7. The van der Waals surface area contributed by atoms with Gasteiger partial charge in [-0.15, -0.1) is 5.06 Å². The molecule has 2 N–H and O–H groups in total. The van der Waals surface area contributed by atoms with Crippen molar-refractivity contribution >= 4 is 40.6 Å². The molecule has 11 heteroatoms. The predicted molar refractivity (Wildman–Crippen MR) is 107 cm³/mol. The monoisotopic (exact) mass is 446 g/mol. The number of Topliss-reactive ketones (excluding diaryl/α,β-unsaturated/α-hetero) is 1. The summed E-state index contributed by atoms with van der Waals surface area (Å²) in [5.74, 6) is -3.63. The number of unbranched alkanes of at least 4 members (excludes halogenated alkanes) is 2. The van der Waals surface area contributed by atoms with E-state index in [1.165, 1.54) is 0 Å². The standard InChI is InChI=1S/C19H30N2O8S/c1-3-5-7-13(8-6-4-2)14(22)9-10-16(23)20-12-18(25)29-21-17(24)11-15(19(21)26)30(27)28/h13,15H,3-12H2,1-2H3,(H,20,23)(H,27,28). The molecule has 3 amide bonds. The molecule has 1 aliphatic rings. The number of hydrogen-bond donors (Lipinski definition) is 2. The minimum Gasteiger partial charge on any atom is -0.345 e. The SMILES string of the molecule is CCCCC(CCCC)C(=O)CCC(=O)NCC(=O)ON1C(=O)CC(S(=O)O)C1=O. The third-order valence-electron chi connectivity index (χ3n) is 4.79. The molecule has 0 aromatic carbocycles. The van der Waals surface area contributed by atoms with E-state index in [0.717, 1.165) is 38.5 Å². The van der Waals surface area contributed by atoms with Gasteiger partial charge >= 0.3 is 5.97 Å². The number of hydrogen-bond acceptors (Lipinski definition) is 7. The largest absolute Gasteiger partial charge is 0.352 e. The van der Waals surface area contributed by atoms with E-state index in [1.54, 1.807) is 0 Å². The fraction of sp³-hybridized carbons (Fsp3) is 0.737. The first-order valence-corrected chi connectivity index (χ1v) is 11.3. The van der Waals surface area contributed by atoms with Crippen LogP contribution in [0, 0.1) is 5.92 Å². The maximum absolute atomic E-state index is 12.4. The molecule has 0 saturated carbocycles. The van der Waals surface area contributed by atoms with E-state index in [0.29, 0.717) is 0 Å². The number of carbonyl (C=O) groups is 5. The van der Waals surface area contributed by atoms with Gasteiger partial charge in [0, 0.05) is 18.8 Å². The van der Waals surface area contributed by atoms with Crippen LogP contribution in [0.3, 0.4) is 0 Å². The Hall–Kier alpha value is -2.14. The van der Waals surface area contributed by atoms with Crippen molar-refractivity contribution in [3.63, 3.8) is 0 Å². The third kappa shape index (κ3) is 8.31. The average molecular weight is 447 g/mol. The van der Waals surface area contributed by atoms with Gasteiger partial charge in [-0.25, -0.2) is 9.00 Å². The summed E-state index contributed by atoms with van der Waals surface area (Å²) in [6.45, 7) is 3.51. The predicted octanol–water partition coefficient (Wildman–Crippen LogP) is 1.26. The summed E-state index contributed by atoms with van der Waals surface area (Å²) in [4.78, 5) is 64.1. The van der Waals surface area contributed by atoms with Crippen molar-refractivity contribution in [2.24, 2.45) is 5.92 Å². The molecule has 1 fully saturated rings. The van der Waals surface area contributed by atoms with Crippen LogP contribution in [0.1, 0.15) is 71.6 Å². The van der Waals surface area contributed by atoms with Gasteiger partial charge in [-0.3, -0.25) is 19.2 Å². The van der Waals surface area contributed by atoms with Gasteiger partial charge in [-0.05, 0) is 12.8 Å². The molecular formula is C19H30N2O8S. The molecule has 10 nitrogen and oxygen atoms in total. The second kappa shape index (κ2) is 13.2. The van der Waals surface area contributed by atoms with Crippen LogP contribution >= 0.6 is 0 Å². The maximum Gasteiger partial charge on any atom is 0.352 e. The lowest BCUT2D eigenvalue weighted by Crippen LogP contribution is -2.39. The van der Waals surface area contributed by atoms with E-state index in [2.05, 4.69) is 24.0 Å². The molecule has 0 aromatic rings. The highest BCUT2D eigenvalue weighted by atomic mass is 32.2. The second-order valence-electron chi connectivity index (χ2n) is 7.18. The van der Waals surface area contributed by atoms with Crippen molar-refractivity contribution < 1.29 is 37.6 Å². The third-order valence-corrected chi connectivity index (χ3v) is 5.65. The Morgan fingerprint density at radius 2 is 1.77 bits per heavy atom. The summed E-state index contributed by atoms with van der Waals surface area (Å²) >= 11 is -2.56. The van der Waals surface area contributed by atoms with Gasteiger partial charge in [0.1, 0.15) is 12.3 Å². The summed E-state index contributed by atoms with van der Waals surface area (Å²) < 4.78 is 19.9. The Morgan fingerprint density at radius 1 is 1.17 bits per heavy atom. The lowest BCUT2D eigenvalue weighted by atomic mass is 9.90. The summed E-state index contributed by atoms with van der Waals surface area (Å²) in [6, 6.07) is 0. The van der Waals surface area contributed by atoms with Gasteiger partial charge in [0.2, 0.25) is 5.91 Å². The number of nitrogens with zero attached hydrogens (tertiary/aromatic N) is 1. The van der Waals surface area contributed by atoms with Crippen LogP contribution in [0.5, 0.6) is 0 Å². The highest BCUT2D eigenvalue weighted by Crippen LogP contribution is 2.20. The van der Waals surface area contributed by atoms with Crippen molar-refractivity contribution in [3.05, 3.63) is 0 Å². The molecule has 0 bridgehead atoms. The quantitative estimate of drug-likeness (QED) is 0.299. The van der Waals surface area contributed by atoms with Crippen molar-refractivity contribution in [2.75, 3.05) is 6.54 Å². The molecule has 2 atom stereocenters. The van der Waals surface area contributed by atoms with Crippen molar-refractivity contribution in [1.82, 2.24) is 10.4 Å². The summed E-state index contributed by atoms with van der Waals surface area (Å²) in [5.41, 5.74) is 0. The Labute approximate surface area is 178 Å². The molecule has 0 aliphatic carbocycles. The Balaban J connectivity index is 2.40.